The Labute approximate surface area is 176 Å². The number of primary amides is 1. The van der Waals surface area contributed by atoms with E-state index >= 15 is 0 Å². The Bertz CT molecular complexity index is 891. The lowest BCUT2D eigenvalue weighted by Crippen LogP contribution is -2.63. The first-order chi connectivity index (χ1) is 14.2. The smallest absolute Gasteiger partial charge is 0.223 e. The van der Waals surface area contributed by atoms with Crippen LogP contribution in [0.25, 0.3) is 0 Å². The third-order valence-electron chi connectivity index (χ3n) is 7.32. The van der Waals surface area contributed by atoms with Gasteiger partial charge >= 0.3 is 0 Å². The summed E-state index contributed by atoms with van der Waals surface area (Å²) >= 11 is 0. The number of carbonyl (C=O) groups excluding carboxylic acids is 1. The van der Waals surface area contributed by atoms with E-state index in [1.165, 1.54) is 12.1 Å². The van der Waals surface area contributed by atoms with E-state index in [9.17, 15) is 14.4 Å². The largest absolute Gasteiger partial charge is 0.369 e. The van der Waals surface area contributed by atoms with E-state index in [0.29, 0.717) is 23.6 Å². The van der Waals surface area contributed by atoms with Gasteiger partial charge in [-0.25, -0.2) is 4.39 Å². The molecule has 2 unspecified atom stereocenters. The molecule has 0 aliphatic heterocycles. The Morgan fingerprint density at radius 3 is 2.67 bits per heavy atom. The van der Waals surface area contributed by atoms with Crippen LogP contribution >= 0.6 is 0 Å². The summed E-state index contributed by atoms with van der Waals surface area (Å²) in [6.07, 6.45) is 6.57. The SMILES string of the molecule is CC(C)(OCc1cccc(F)c1)/C(=N\C#N)NC1C2CC3CC1CC(C(N)=O)(C3)C2. The van der Waals surface area contributed by atoms with E-state index in [1.807, 2.05) is 20.0 Å². The van der Waals surface area contributed by atoms with Gasteiger partial charge in [0.2, 0.25) is 12.1 Å². The molecule has 4 aliphatic carbocycles. The molecule has 5 rings (SSSR count). The number of nitriles is 1. The fourth-order valence-electron chi connectivity index (χ4n) is 6.07. The van der Waals surface area contributed by atoms with Gasteiger partial charge in [-0.1, -0.05) is 12.1 Å². The molecule has 1 aromatic carbocycles. The molecule has 1 amide bonds. The maximum atomic E-state index is 13.5. The maximum absolute atomic E-state index is 13.5. The van der Waals surface area contributed by atoms with Gasteiger partial charge in [-0.05, 0) is 81.4 Å². The number of halogens is 1. The van der Waals surface area contributed by atoms with E-state index in [1.54, 1.807) is 12.1 Å². The van der Waals surface area contributed by atoms with E-state index in [-0.39, 0.29) is 29.8 Å². The summed E-state index contributed by atoms with van der Waals surface area (Å²) in [6, 6.07) is 6.43. The van der Waals surface area contributed by atoms with Gasteiger partial charge in [-0.3, -0.25) is 4.79 Å². The van der Waals surface area contributed by atoms with Gasteiger partial charge in [0.1, 0.15) is 17.3 Å². The predicted octanol–water partition coefficient (Wildman–Crippen LogP) is 3.27. The highest BCUT2D eigenvalue weighted by molar-refractivity contribution is 5.91. The summed E-state index contributed by atoms with van der Waals surface area (Å²) in [7, 11) is 0. The second kappa shape index (κ2) is 7.66. The van der Waals surface area contributed by atoms with Crippen LogP contribution in [-0.2, 0) is 16.1 Å². The highest BCUT2D eigenvalue weighted by Gasteiger charge is 2.58. The number of carbonyl (C=O) groups is 1. The van der Waals surface area contributed by atoms with Crippen LogP contribution in [0.15, 0.2) is 29.3 Å². The lowest BCUT2D eigenvalue weighted by atomic mass is 9.47. The molecular weight excluding hydrogens is 383 g/mol. The Hall–Kier alpha value is -2.46. The molecule has 7 heteroatoms. The molecule has 0 saturated heterocycles. The monoisotopic (exact) mass is 412 g/mol. The number of nitrogens with two attached hydrogens (primary N) is 1. The highest BCUT2D eigenvalue weighted by Crippen LogP contribution is 2.60. The number of hydrogen-bond acceptors (Lipinski definition) is 4. The molecule has 4 fully saturated rings. The number of nitrogens with zero attached hydrogens (tertiary/aromatic N) is 2. The lowest BCUT2D eigenvalue weighted by molar-refractivity contribution is -0.145. The van der Waals surface area contributed by atoms with Crippen molar-refractivity contribution in [1.82, 2.24) is 5.32 Å². The van der Waals surface area contributed by atoms with Crippen molar-refractivity contribution in [3.8, 4) is 6.19 Å². The molecule has 6 nitrogen and oxygen atoms in total. The molecule has 0 radical (unpaired) electrons. The number of amides is 1. The van der Waals surface area contributed by atoms with Gasteiger partial charge in [-0.2, -0.15) is 10.3 Å². The van der Waals surface area contributed by atoms with Crippen LogP contribution in [0.2, 0.25) is 0 Å². The first-order valence-electron chi connectivity index (χ1n) is 10.6. The predicted molar refractivity (Wildman–Crippen MR) is 110 cm³/mol. The number of nitrogens with one attached hydrogen (secondary N) is 1. The summed E-state index contributed by atoms with van der Waals surface area (Å²) in [4.78, 5) is 16.2. The van der Waals surface area contributed by atoms with E-state index < -0.39 is 5.60 Å². The van der Waals surface area contributed by atoms with E-state index in [2.05, 4.69) is 10.3 Å². The minimum Gasteiger partial charge on any atom is -0.369 e. The topological polar surface area (TPSA) is 100 Å². The van der Waals surface area contributed by atoms with Gasteiger partial charge in [0.25, 0.3) is 0 Å². The third kappa shape index (κ3) is 3.81. The van der Waals surface area contributed by atoms with Crippen molar-refractivity contribution in [1.29, 1.82) is 5.26 Å². The molecule has 0 heterocycles. The van der Waals surface area contributed by atoms with Crippen molar-refractivity contribution in [2.45, 2.75) is 64.2 Å². The molecule has 4 aliphatic rings. The molecule has 3 N–H and O–H groups in total. The molecule has 30 heavy (non-hydrogen) atoms. The first kappa shape index (κ1) is 20.8. The van der Waals surface area contributed by atoms with E-state index in [4.69, 9.17) is 10.5 Å². The van der Waals surface area contributed by atoms with Gasteiger partial charge < -0.3 is 15.8 Å². The van der Waals surface area contributed by atoms with Crippen LogP contribution in [0.5, 0.6) is 0 Å². The molecule has 0 aromatic heterocycles. The van der Waals surface area contributed by atoms with Crippen molar-refractivity contribution in [2.75, 3.05) is 0 Å². The molecular formula is C23H29FN4O2. The van der Waals surface area contributed by atoms with Crippen LogP contribution in [0, 0.1) is 40.4 Å². The number of amidine groups is 1. The van der Waals surface area contributed by atoms with Crippen LogP contribution in [0.3, 0.4) is 0 Å². The quantitative estimate of drug-likeness (QED) is 0.425. The molecule has 4 saturated carbocycles. The minimum atomic E-state index is -0.849. The highest BCUT2D eigenvalue weighted by atomic mass is 19.1. The second-order valence-corrected chi connectivity index (χ2v) is 9.77. The molecule has 0 spiro atoms. The minimum absolute atomic E-state index is 0.151. The fourth-order valence-corrected chi connectivity index (χ4v) is 6.07. The lowest BCUT2D eigenvalue weighted by Gasteiger charge is -2.59. The van der Waals surface area contributed by atoms with Gasteiger partial charge in [0.05, 0.1) is 6.61 Å². The van der Waals surface area contributed by atoms with Crippen LogP contribution in [0.1, 0.15) is 51.5 Å². The fraction of sp³-hybridized carbons (Fsp3) is 0.609. The number of benzene rings is 1. The zero-order valence-corrected chi connectivity index (χ0v) is 17.5. The standard InChI is InChI=1S/C23H29FN4O2/c1-22(2,30-12-14-4-3-5-18(24)8-14)21(27-13-25)28-19-16-6-15-7-17(19)11-23(9-15,10-16)20(26)29/h3-5,8,15-17,19H,6-7,9-12H2,1-2H3,(H2,26,29)(H,27,28). The molecule has 160 valence electrons. The van der Waals surface area contributed by atoms with Crippen LogP contribution < -0.4 is 11.1 Å². The van der Waals surface area contributed by atoms with Crippen molar-refractivity contribution in [3.63, 3.8) is 0 Å². The average Bonchev–Trinajstić information content (AvgIpc) is 2.68. The maximum Gasteiger partial charge on any atom is 0.223 e. The van der Waals surface area contributed by atoms with Crippen molar-refractivity contribution >= 4 is 11.7 Å². The number of aliphatic imine (C=N–C) groups is 1. The van der Waals surface area contributed by atoms with E-state index in [0.717, 1.165) is 37.7 Å². The number of ether oxygens (including phenoxy) is 1. The van der Waals surface area contributed by atoms with Crippen molar-refractivity contribution in [3.05, 3.63) is 35.6 Å². The second-order valence-electron chi connectivity index (χ2n) is 9.77. The molecule has 4 bridgehead atoms. The number of rotatable bonds is 6. The normalized spacial score (nSPS) is 32.7. The Kier molecular flexibility index (Phi) is 5.31. The Morgan fingerprint density at radius 2 is 2.07 bits per heavy atom. The van der Waals surface area contributed by atoms with Crippen molar-refractivity contribution < 1.29 is 13.9 Å². The summed E-state index contributed by atoms with van der Waals surface area (Å²) < 4.78 is 19.5. The zero-order valence-electron chi connectivity index (χ0n) is 17.5. The number of hydrogen-bond donors (Lipinski definition) is 2. The summed E-state index contributed by atoms with van der Waals surface area (Å²) in [6.45, 7) is 3.92. The van der Waals surface area contributed by atoms with Crippen LogP contribution in [0.4, 0.5) is 4.39 Å². The summed E-state index contributed by atoms with van der Waals surface area (Å²) in [5, 5.41) is 12.8. The van der Waals surface area contributed by atoms with Gasteiger partial charge in [-0.15, -0.1) is 0 Å². The van der Waals surface area contributed by atoms with Crippen molar-refractivity contribution in [2.24, 2.45) is 33.9 Å². The molecule has 1 aromatic rings. The zero-order chi connectivity index (χ0) is 21.5. The summed E-state index contributed by atoms with van der Waals surface area (Å²) in [5.74, 6) is 1.24. The average molecular weight is 413 g/mol. The molecule has 2 atom stereocenters. The van der Waals surface area contributed by atoms with Gasteiger partial charge in [0, 0.05) is 11.5 Å². The Balaban J connectivity index is 1.48. The first-order valence-corrected chi connectivity index (χ1v) is 10.6. The van der Waals surface area contributed by atoms with Gasteiger partial charge in [0.15, 0.2) is 0 Å². The summed E-state index contributed by atoms with van der Waals surface area (Å²) in [5.41, 5.74) is 5.30. The Morgan fingerprint density at radius 1 is 1.37 bits per heavy atom. The van der Waals surface area contributed by atoms with Crippen LogP contribution in [-0.4, -0.2) is 23.4 Å². The third-order valence-corrected chi connectivity index (χ3v) is 7.32.